The molecule has 0 aromatic carbocycles. The van der Waals surface area contributed by atoms with Gasteiger partial charge in [-0.05, 0) is 38.4 Å². The maximum absolute atomic E-state index is 12.3. The molecule has 124 valence electrons. The van der Waals surface area contributed by atoms with E-state index in [2.05, 4.69) is 24.1 Å². The Balaban J connectivity index is 4.40. The number of ether oxygens (including phenoxy) is 1. The summed E-state index contributed by atoms with van der Waals surface area (Å²) >= 11 is 0. The van der Waals surface area contributed by atoms with Crippen molar-refractivity contribution in [2.24, 2.45) is 11.3 Å². The summed E-state index contributed by atoms with van der Waals surface area (Å²) in [5, 5.41) is 2.87. The second-order valence-electron chi connectivity index (χ2n) is 6.22. The molecule has 0 radical (unpaired) electrons. The number of carbonyl (C=O) groups is 2. The predicted octanol–water partition coefficient (Wildman–Crippen LogP) is 2.06. The maximum Gasteiger partial charge on any atom is 0.319 e. The Hall–Kier alpha value is -1.10. The van der Waals surface area contributed by atoms with Gasteiger partial charge in [-0.25, -0.2) is 0 Å². The topological polar surface area (TPSA) is 58.6 Å². The Labute approximate surface area is 129 Å². The number of hydrogen-bond acceptors (Lipinski definition) is 4. The first-order valence-corrected chi connectivity index (χ1v) is 7.94. The monoisotopic (exact) mass is 300 g/mol. The highest BCUT2D eigenvalue weighted by Crippen LogP contribution is 2.27. The number of nitrogens with one attached hydrogen (secondary N) is 1. The Morgan fingerprint density at radius 1 is 1.14 bits per heavy atom. The van der Waals surface area contributed by atoms with Crippen LogP contribution in [0.2, 0.25) is 0 Å². The molecule has 0 fully saturated rings. The van der Waals surface area contributed by atoms with Crippen LogP contribution < -0.4 is 5.32 Å². The molecule has 0 aromatic heterocycles. The van der Waals surface area contributed by atoms with Crippen molar-refractivity contribution >= 4 is 11.9 Å². The molecule has 5 nitrogen and oxygen atoms in total. The highest BCUT2D eigenvalue weighted by Gasteiger charge is 2.38. The molecule has 1 amide bonds. The molecule has 1 N–H and O–H groups in total. The van der Waals surface area contributed by atoms with E-state index in [4.69, 9.17) is 4.74 Å². The summed E-state index contributed by atoms with van der Waals surface area (Å²) in [6.45, 7) is 15.5. The van der Waals surface area contributed by atoms with Crippen molar-refractivity contribution in [1.82, 2.24) is 10.2 Å². The summed E-state index contributed by atoms with van der Waals surface area (Å²) in [4.78, 5) is 26.5. The quantitative estimate of drug-likeness (QED) is 0.402. The standard InChI is InChI=1S/C16H32N2O3/c1-7-18(8-2)12-10-11-17-14(19)13(16(4,5)6)15(20)21-9-3/h13H,7-12H2,1-6H3,(H,17,19). The van der Waals surface area contributed by atoms with Crippen molar-refractivity contribution in [3.05, 3.63) is 0 Å². The fraction of sp³-hybridized carbons (Fsp3) is 0.875. The molecule has 1 atom stereocenters. The largest absolute Gasteiger partial charge is 0.465 e. The lowest BCUT2D eigenvalue weighted by Crippen LogP contribution is -2.44. The summed E-state index contributed by atoms with van der Waals surface area (Å²) < 4.78 is 5.02. The Morgan fingerprint density at radius 3 is 2.14 bits per heavy atom. The van der Waals surface area contributed by atoms with Crippen LogP contribution in [0.3, 0.4) is 0 Å². The van der Waals surface area contributed by atoms with E-state index in [1.165, 1.54) is 0 Å². The van der Waals surface area contributed by atoms with Crippen molar-refractivity contribution in [3.63, 3.8) is 0 Å². The summed E-state index contributed by atoms with van der Waals surface area (Å²) in [6.07, 6.45) is 0.882. The zero-order valence-corrected chi connectivity index (χ0v) is 14.5. The third-order valence-electron chi connectivity index (χ3n) is 3.50. The molecule has 0 aliphatic heterocycles. The van der Waals surface area contributed by atoms with Gasteiger partial charge >= 0.3 is 5.97 Å². The molecule has 0 rings (SSSR count). The van der Waals surface area contributed by atoms with Crippen molar-refractivity contribution < 1.29 is 14.3 Å². The Kier molecular flexibility index (Phi) is 9.26. The molecular weight excluding hydrogens is 268 g/mol. The first kappa shape index (κ1) is 19.9. The third kappa shape index (κ3) is 7.46. The number of nitrogens with zero attached hydrogens (tertiary/aromatic N) is 1. The summed E-state index contributed by atoms with van der Waals surface area (Å²) in [5.74, 6) is -1.43. The Morgan fingerprint density at radius 2 is 1.71 bits per heavy atom. The van der Waals surface area contributed by atoms with Crippen molar-refractivity contribution in [2.45, 2.75) is 48.0 Å². The van der Waals surface area contributed by atoms with Gasteiger partial charge in [0.1, 0.15) is 5.92 Å². The van der Waals surface area contributed by atoms with E-state index in [9.17, 15) is 9.59 Å². The SMILES string of the molecule is CCOC(=O)C(C(=O)NCCCN(CC)CC)C(C)(C)C. The number of esters is 1. The van der Waals surface area contributed by atoms with Crippen LogP contribution in [-0.2, 0) is 14.3 Å². The third-order valence-corrected chi connectivity index (χ3v) is 3.50. The molecular formula is C16H32N2O3. The van der Waals surface area contributed by atoms with Crippen LogP contribution in [0.4, 0.5) is 0 Å². The fourth-order valence-electron chi connectivity index (χ4n) is 2.24. The molecule has 0 bridgehead atoms. The lowest BCUT2D eigenvalue weighted by atomic mass is 9.80. The fourth-order valence-corrected chi connectivity index (χ4v) is 2.24. The van der Waals surface area contributed by atoms with Crippen molar-refractivity contribution in [2.75, 3.05) is 32.8 Å². The van der Waals surface area contributed by atoms with Crippen LogP contribution in [0, 0.1) is 11.3 Å². The number of rotatable bonds is 9. The molecule has 5 heteroatoms. The lowest BCUT2D eigenvalue weighted by Gasteiger charge is -2.27. The molecule has 0 saturated heterocycles. The van der Waals surface area contributed by atoms with Crippen LogP contribution in [0.5, 0.6) is 0 Å². The van der Waals surface area contributed by atoms with Crippen LogP contribution >= 0.6 is 0 Å². The summed E-state index contributed by atoms with van der Waals surface area (Å²) in [5.41, 5.74) is -0.449. The van der Waals surface area contributed by atoms with Gasteiger partial charge in [0, 0.05) is 6.54 Å². The van der Waals surface area contributed by atoms with E-state index in [1.807, 2.05) is 20.8 Å². The van der Waals surface area contributed by atoms with Gasteiger partial charge in [-0.15, -0.1) is 0 Å². The van der Waals surface area contributed by atoms with E-state index < -0.39 is 17.3 Å². The highest BCUT2D eigenvalue weighted by atomic mass is 16.5. The maximum atomic E-state index is 12.3. The number of hydrogen-bond donors (Lipinski definition) is 1. The first-order valence-electron chi connectivity index (χ1n) is 7.94. The minimum absolute atomic E-state index is 0.236. The minimum Gasteiger partial charge on any atom is -0.465 e. The minimum atomic E-state index is -0.758. The van der Waals surface area contributed by atoms with Gasteiger partial charge in [0.05, 0.1) is 6.61 Å². The Bertz CT molecular complexity index is 320. The van der Waals surface area contributed by atoms with E-state index in [1.54, 1.807) is 6.92 Å². The van der Waals surface area contributed by atoms with E-state index in [0.717, 1.165) is 26.1 Å². The lowest BCUT2D eigenvalue weighted by molar-refractivity contribution is -0.156. The number of amides is 1. The molecule has 0 aliphatic rings. The molecule has 0 heterocycles. The van der Waals surface area contributed by atoms with E-state index >= 15 is 0 Å². The molecule has 0 aliphatic carbocycles. The average Bonchev–Trinajstić information content (AvgIpc) is 2.37. The van der Waals surface area contributed by atoms with Crippen molar-refractivity contribution in [3.8, 4) is 0 Å². The van der Waals surface area contributed by atoms with Gasteiger partial charge in [0.2, 0.25) is 5.91 Å². The van der Waals surface area contributed by atoms with Crippen LogP contribution in [-0.4, -0.2) is 49.6 Å². The van der Waals surface area contributed by atoms with Crippen LogP contribution in [0.15, 0.2) is 0 Å². The van der Waals surface area contributed by atoms with Crippen LogP contribution in [0.1, 0.15) is 48.0 Å². The highest BCUT2D eigenvalue weighted by molar-refractivity contribution is 5.98. The molecule has 0 aromatic rings. The second-order valence-corrected chi connectivity index (χ2v) is 6.22. The van der Waals surface area contributed by atoms with Crippen molar-refractivity contribution in [1.29, 1.82) is 0 Å². The summed E-state index contributed by atoms with van der Waals surface area (Å²) in [7, 11) is 0. The van der Waals surface area contributed by atoms with Gasteiger partial charge in [-0.3, -0.25) is 9.59 Å². The van der Waals surface area contributed by atoms with Crippen LogP contribution in [0.25, 0.3) is 0 Å². The molecule has 21 heavy (non-hydrogen) atoms. The van der Waals surface area contributed by atoms with Gasteiger partial charge in [-0.2, -0.15) is 0 Å². The number of carbonyl (C=O) groups excluding carboxylic acids is 2. The smallest absolute Gasteiger partial charge is 0.319 e. The normalized spacial score (nSPS) is 13.1. The van der Waals surface area contributed by atoms with Gasteiger partial charge in [0.15, 0.2) is 0 Å². The zero-order chi connectivity index (χ0) is 16.5. The predicted molar refractivity (Wildman–Crippen MR) is 85.0 cm³/mol. The van der Waals surface area contributed by atoms with Gasteiger partial charge < -0.3 is 15.0 Å². The van der Waals surface area contributed by atoms with E-state index in [0.29, 0.717) is 13.2 Å². The molecule has 0 saturated carbocycles. The van der Waals surface area contributed by atoms with Gasteiger partial charge in [-0.1, -0.05) is 34.6 Å². The molecule has 0 spiro atoms. The van der Waals surface area contributed by atoms with Gasteiger partial charge in [0.25, 0.3) is 0 Å². The second kappa shape index (κ2) is 9.77. The van der Waals surface area contributed by atoms with E-state index in [-0.39, 0.29) is 5.91 Å². The average molecular weight is 300 g/mol. The summed E-state index contributed by atoms with van der Waals surface area (Å²) in [6, 6.07) is 0. The zero-order valence-electron chi connectivity index (χ0n) is 14.5. The first-order chi connectivity index (χ1) is 9.77. The molecule has 1 unspecified atom stereocenters.